The van der Waals surface area contributed by atoms with Crippen molar-refractivity contribution in [1.29, 1.82) is 0 Å². The summed E-state index contributed by atoms with van der Waals surface area (Å²) in [5, 5.41) is 21.3. The number of aliphatic hydroxyl groups excluding tert-OH is 1. The number of hydrogen-bond donors (Lipinski definition) is 2. The Kier molecular flexibility index (Phi) is 2.87. The second-order valence-corrected chi connectivity index (χ2v) is 9.92. The van der Waals surface area contributed by atoms with Crippen molar-refractivity contribution in [2.24, 2.45) is 28.6 Å². The summed E-state index contributed by atoms with van der Waals surface area (Å²) in [5.41, 5.74) is -0.924. The van der Waals surface area contributed by atoms with Gasteiger partial charge in [0.15, 0.2) is 0 Å². The van der Waals surface area contributed by atoms with Crippen molar-refractivity contribution in [2.45, 2.75) is 88.6 Å². The molecule has 0 aromatic rings. The van der Waals surface area contributed by atoms with Gasteiger partial charge in [0.25, 0.3) is 0 Å². The summed E-state index contributed by atoms with van der Waals surface area (Å²) in [4.78, 5) is 0. The van der Waals surface area contributed by atoms with Gasteiger partial charge in [-0.2, -0.15) is 0 Å². The third kappa shape index (κ3) is 1.53. The van der Waals surface area contributed by atoms with E-state index in [2.05, 4.69) is 19.8 Å². The summed E-state index contributed by atoms with van der Waals surface area (Å²) < 4.78 is 6.33. The summed E-state index contributed by atoms with van der Waals surface area (Å²) in [5.74, 6) is 4.55. The van der Waals surface area contributed by atoms with E-state index in [4.69, 9.17) is 11.2 Å². The molecule has 5 fully saturated rings. The van der Waals surface area contributed by atoms with E-state index >= 15 is 0 Å². The maximum absolute atomic E-state index is 11.1. The van der Waals surface area contributed by atoms with Gasteiger partial charge in [0.05, 0.1) is 12.2 Å². The molecule has 0 radical (unpaired) electrons. The van der Waals surface area contributed by atoms with Crippen LogP contribution in [0.1, 0.15) is 65.2 Å². The predicted molar refractivity (Wildman–Crippen MR) is 91.0 cm³/mol. The molecule has 3 heteroatoms. The van der Waals surface area contributed by atoms with E-state index in [-0.39, 0.29) is 22.5 Å². The Morgan fingerprint density at radius 2 is 1.71 bits per heavy atom. The van der Waals surface area contributed by atoms with Crippen molar-refractivity contribution in [2.75, 3.05) is 0 Å². The Labute approximate surface area is 145 Å². The Morgan fingerprint density at radius 3 is 2.46 bits per heavy atom. The first-order chi connectivity index (χ1) is 11.3. The number of ether oxygens (including phenoxy) is 1. The fourth-order valence-corrected chi connectivity index (χ4v) is 7.91. The number of epoxide rings is 1. The van der Waals surface area contributed by atoms with Crippen LogP contribution in [0.4, 0.5) is 0 Å². The van der Waals surface area contributed by atoms with Crippen molar-refractivity contribution >= 4 is 0 Å². The molecule has 2 N–H and O–H groups in total. The van der Waals surface area contributed by atoms with Gasteiger partial charge in [-0.25, -0.2) is 0 Å². The van der Waals surface area contributed by atoms with Crippen LogP contribution >= 0.6 is 0 Å². The SMILES string of the molecule is C#C[C@]1(O)CC[C@@H]2[C@@H]3C[C@@H]4O[C@@]45C[C@@H](O)CC[C@]5(C)[C@H]3CC[C@@]21C. The Morgan fingerprint density at radius 1 is 1.04 bits per heavy atom. The Hall–Kier alpha value is -0.560. The molecule has 9 atom stereocenters. The first kappa shape index (κ1) is 15.7. The molecule has 1 aliphatic heterocycles. The summed E-state index contributed by atoms with van der Waals surface area (Å²) in [6, 6.07) is 0. The number of fused-ring (bicyclic) bond motifs is 4. The summed E-state index contributed by atoms with van der Waals surface area (Å²) >= 11 is 0. The molecule has 0 amide bonds. The first-order valence-corrected chi connectivity index (χ1v) is 9.86. The minimum atomic E-state index is -0.925. The molecule has 3 nitrogen and oxygen atoms in total. The van der Waals surface area contributed by atoms with Crippen molar-refractivity contribution in [3.8, 4) is 12.3 Å². The zero-order valence-electron chi connectivity index (χ0n) is 14.9. The molecule has 5 aliphatic rings. The molecule has 1 saturated heterocycles. The summed E-state index contributed by atoms with van der Waals surface area (Å²) in [7, 11) is 0. The second-order valence-electron chi connectivity index (χ2n) is 9.92. The third-order valence-electron chi connectivity index (χ3n) is 9.45. The number of aliphatic hydroxyl groups is 2. The van der Waals surface area contributed by atoms with Crippen molar-refractivity contribution in [1.82, 2.24) is 0 Å². The minimum Gasteiger partial charge on any atom is -0.393 e. The average Bonchev–Trinajstić information content (AvgIpc) is 3.17. The van der Waals surface area contributed by atoms with Gasteiger partial charge in [-0.15, -0.1) is 6.42 Å². The molecular formula is C21H30O3. The van der Waals surface area contributed by atoms with Gasteiger partial charge < -0.3 is 14.9 Å². The lowest BCUT2D eigenvalue weighted by molar-refractivity contribution is -0.133. The fourth-order valence-electron chi connectivity index (χ4n) is 7.91. The van der Waals surface area contributed by atoms with Crippen molar-refractivity contribution in [3.63, 3.8) is 0 Å². The van der Waals surface area contributed by atoms with Crippen LogP contribution in [0.15, 0.2) is 0 Å². The van der Waals surface area contributed by atoms with E-state index in [0.717, 1.165) is 51.4 Å². The first-order valence-electron chi connectivity index (χ1n) is 9.86. The number of terminal acetylenes is 1. The summed E-state index contributed by atoms with van der Waals surface area (Å²) in [6.07, 6.45) is 13.8. The lowest BCUT2D eigenvalue weighted by atomic mass is 9.44. The standard InChI is InChI=1S/C21H30O3/c1-4-20(23)10-7-15-14-11-17-21(24-17)12-13(22)5-8-19(21,3)16(14)6-9-18(15,20)2/h1,13-17,22-23H,5-12H2,2-3H3/t13-,14-,15+,16-,17-,18-,19+,20-,21-/m0/s1. The lowest BCUT2D eigenvalue weighted by Crippen LogP contribution is -2.60. The van der Waals surface area contributed by atoms with E-state index in [1.54, 1.807) is 0 Å². The monoisotopic (exact) mass is 330 g/mol. The average molecular weight is 330 g/mol. The van der Waals surface area contributed by atoms with Crippen LogP contribution < -0.4 is 0 Å². The smallest absolute Gasteiger partial charge is 0.130 e. The highest BCUT2D eigenvalue weighted by Crippen LogP contribution is 2.74. The molecule has 1 spiro atoms. The molecular weight excluding hydrogens is 300 g/mol. The number of hydrogen-bond acceptors (Lipinski definition) is 3. The molecule has 4 aliphatic carbocycles. The second kappa shape index (κ2) is 4.40. The maximum Gasteiger partial charge on any atom is 0.130 e. The van der Waals surface area contributed by atoms with Crippen LogP contribution in [0.3, 0.4) is 0 Å². The van der Waals surface area contributed by atoms with Gasteiger partial charge in [-0.05, 0) is 62.7 Å². The predicted octanol–water partition coefficient (Wildman–Crippen LogP) is 2.89. The molecule has 0 aromatic carbocycles. The van der Waals surface area contributed by atoms with Gasteiger partial charge in [-0.1, -0.05) is 19.8 Å². The van der Waals surface area contributed by atoms with E-state index in [1.807, 2.05) is 0 Å². The number of rotatable bonds is 0. The highest BCUT2D eigenvalue weighted by Gasteiger charge is 2.76. The largest absolute Gasteiger partial charge is 0.393 e. The normalized spacial score (nSPS) is 64.2. The maximum atomic E-state index is 11.1. The molecule has 0 aromatic heterocycles. The lowest BCUT2D eigenvalue weighted by Gasteiger charge is -2.59. The van der Waals surface area contributed by atoms with Crippen LogP contribution in [-0.4, -0.2) is 33.6 Å². The molecule has 5 rings (SSSR count). The molecule has 0 unspecified atom stereocenters. The van der Waals surface area contributed by atoms with Gasteiger partial charge in [0.1, 0.15) is 11.2 Å². The zero-order valence-corrected chi connectivity index (χ0v) is 14.9. The van der Waals surface area contributed by atoms with E-state index in [1.165, 1.54) is 0 Å². The van der Waals surface area contributed by atoms with Crippen LogP contribution in [0.5, 0.6) is 0 Å². The Bertz CT molecular complexity index is 625. The van der Waals surface area contributed by atoms with E-state index in [9.17, 15) is 10.2 Å². The topological polar surface area (TPSA) is 53.0 Å². The van der Waals surface area contributed by atoms with Crippen LogP contribution in [0, 0.1) is 40.9 Å². The zero-order chi connectivity index (χ0) is 17.0. The fraction of sp³-hybridized carbons (Fsp3) is 0.905. The van der Waals surface area contributed by atoms with Crippen LogP contribution in [-0.2, 0) is 4.74 Å². The highest BCUT2D eigenvalue weighted by molar-refractivity contribution is 5.28. The molecule has 24 heavy (non-hydrogen) atoms. The minimum absolute atomic E-state index is 0.0550. The quantitative estimate of drug-likeness (QED) is 0.530. The third-order valence-corrected chi connectivity index (χ3v) is 9.45. The van der Waals surface area contributed by atoms with Crippen LogP contribution in [0.2, 0.25) is 0 Å². The Balaban J connectivity index is 1.52. The molecule has 132 valence electrons. The van der Waals surface area contributed by atoms with Gasteiger partial charge in [0, 0.05) is 17.3 Å². The molecule has 1 heterocycles. The summed E-state index contributed by atoms with van der Waals surface area (Å²) in [6.45, 7) is 4.67. The van der Waals surface area contributed by atoms with Gasteiger partial charge in [0.2, 0.25) is 0 Å². The van der Waals surface area contributed by atoms with Crippen molar-refractivity contribution in [3.05, 3.63) is 0 Å². The van der Waals surface area contributed by atoms with Crippen molar-refractivity contribution < 1.29 is 14.9 Å². The van der Waals surface area contributed by atoms with E-state index in [0.29, 0.717) is 23.9 Å². The van der Waals surface area contributed by atoms with Gasteiger partial charge >= 0.3 is 0 Å². The van der Waals surface area contributed by atoms with Crippen LogP contribution in [0.25, 0.3) is 0 Å². The van der Waals surface area contributed by atoms with E-state index < -0.39 is 5.60 Å². The highest BCUT2D eigenvalue weighted by atomic mass is 16.6. The van der Waals surface area contributed by atoms with Gasteiger partial charge in [-0.3, -0.25) is 0 Å². The molecule has 4 saturated carbocycles. The molecule has 0 bridgehead atoms.